The van der Waals surface area contributed by atoms with Gasteiger partial charge in [0.1, 0.15) is 0 Å². The second-order valence-corrected chi connectivity index (χ2v) is 8.95. The van der Waals surface area contributed by atoms with Crippen molar-refractivity contribution in [1.29, 1.82) is 0 Å². The topological polar surface area (TPSA) is 59.6 Å². The summed E-state index contributed by atoms with van der Waals surface area (Å²) >= 11 is 0. The lowest BCUT2D eigenvalue weighted by Gasteiger charge is -2.50. The van der Waals surface area contributed by atoms with Crippen LogP contribution in [0.15, 0.2) is 36.4 Å². The number of likely N-dealkylation sites (tertiary alicyclic amines) is 1. The van der Waals surface area contributed by atoms with Crippen LogP contribution in [0.1, 0.15) is 37.1 Å². The van der Waals surface area contributed by atoms with Crippen molar-refractivity contribution in [3.63, 3.8) is 0 Å². The normalized spacial score (nSPS) is 32.0. The molecule has 0 radical (unpaired) electrons. The van der Waals surface area contributed by atoms with Crippen LogP contribution in [0.4, 0.5) is 13.2 Å². The van der Waals surface area contributed by atoms with Gasteiger partial charge in [-0.2, -0.15) is 13.2 Å². The SMILES string of the molecule is C=C(C)C(=O)N1CCC2C(C1)NC(c1ccc(C(F)(F)F)cc1)NC2C1CCN(C)N1. The number of benzene rings is 1. The predicted molar refractivity (Wildman–Crippen MR) is 112 cm³/mol. The second-order valence-electron chi connectivity index (χ2n) is 8.95. The molecule has 9 heteroatoms. The Morgan fingerprint density at radius 2 is 1.81 bits per heavy atom. The zero-order chi connectivity index (χ0) is 22.3. The van der Waals surface area contributed by atoms with Gasteiger partial charge < -0.3 is 4.90 Å². The number of amides is 1. The highest BCUT2D eigenvalue weighted by atomic mass is 19.4. The van der Waals surface area contributed by atoms with Crippen LogP contribution in [0.5, 0.6) is 0 Å². The quantitative estimate of drug-likeness (QED) is 0.634. The molecule has 0 saturated carbocycles. The molecule has 0 spiro atoms. The van der Waals surface area contributed by atoms with Crippen molar-refractivity contribution in [2.45, 2.75) is 50.2 Å². The highest BCUT2D eigenvalue weighted by Crippen LogP contribution is 2.34. The lowest BCUT2D eigenvalue weighted by molar-refractivity contribution is -0.137. The van der Waals surface area contributed by atoms with Crippen LogP contribution in [0.3, 0.4) is 0 Å². The summed E-state index contributed by atoms with van der Waals surface area (Å²) < 4.78 is 38.9. The van der Waals surface area contributed by atoms with E-state index in [2.05, 4.69) is 27.6 Å². The molecular formula is C22H30F3N5O. The van der Waals surface area contributed by atoms with Crippen molar-refractivity contribution in [3.8, 4) is 0 Å². The zero-order valence-corrected chi connectivity index (χ0v) is 17.9. The maximum Gasteiger partial charge on any atom is 0.416 e. The van der Waals surface area contributed by atoms with Gasteiger partial charge in [0, 0.05) is 50.4 Å². The summed E-state index contributed by atoms with van der Waals surface area (Å²) in [6.07, 6.45) is -2.80. The molecule has 6 nitrogen and oxygen atoms in total. The second kappa shape index (κ2) is 8.54. The van der Waals surface area contributed by atoms with E-state index in [-0.39, 0.29) is 30.2 Å². The number of alkyl halides is 3. The Bertz CT molecular complexity index is 827. The summed E-state index contributed by atoms with van der Waals surface area (Å²) in [7, 11) is 2.01. The summed E-state index contributed by atoms with van der Waals surface area (Å²) in [6, 6.07) is 5.73. The molecule has 0 aliphatic carbocycles. The minimum atomic E-state index is -4.36. The van der Waals surface area contributed by atoms with Crippen LogP contribution in [0, 0.1) is 5.92 Å². The van der Waals surface area contributed by atoms with Gasteiger partial charge >= 0.3 is 6.18 Å². The Labute approximate surface area is 180 Å². The van der Waals surface area contributed by atoms with Gasteiger partial charge in [0.15, 0.2) is 0 Å². The minimum absolute atomic E-state index is 0.0415. The lowest BCUT2D eigenvalue weighted by Crippen LogP contribution is -2.68. The van der Waals surface area contributed by atoms with Gasteiger partial charge in [-0.1, -0.05) is 18.7 Å². The van der Waals surface area contributed by atoms with E-state index in [1.165, 1.54) is 12.1 Å². The number of rotatable bonds is 3. The highest BCUT2D eigenvalue weighted by Gasteiger charge is 2.45. The van der Waals surface area contributed by atoms with Crippen LogP contribution in [0.25, 0.3) is 0 Å². The van der Waals surface area contributed by atoms with Crippen LogP contribution in [0.2, 0.25) is 0 Å². The van der Waals surface area contributed by atoms with Gasteiger partial charge in [0.2, 0.25) is 5.91 Å². The number of piperidine rings is 1. The molecule has 5 unspecified atom stereocenters. The summed E-state index contributed by atoms with van der Waals surface area (Å²) in [5.41, 5.74) is 4.13. The molecule has 4 rings (SSSR count). The van der Waals surface area contributed by atoms with E-state index in [9.17, 15) is 18.0 Å². The van der Waals surface area contributed by atoms with Crippen molar-refractivity contribution in [1.82, 2.24) is 26.0 Å². The van der Waals surface area contributed by atoms with Crippen molar-refractivity contribution in [2.75, 3.05) is 26.7 Å². The molecule has 5 atom stereocenters. The predicted octanol–water partition coefficient (Wildman–Crippen LogP) is 2.27. The first kappa shape index (κ1) is 22.3. The average molecular weight is 438 g/mol. The van der Waals surface area contributed by atoms with E-state index in [1.807, 2.05) is 11.9 Å². The maximum absolute atomic E-state index is 13.0. The van der Waals surface area contributed by atoms with Gasteiger partial charge in [0.05, 0.1) is 11.7 Å². The van der Waals surface area contributed by atoms with E-state index >= 15 is 0 Å². The first-order valence-electron chi connectivity index (χ1n) is 10.7. The van der Waals surface area contributed by atoms with Crippen molar-refractivity contribution in [2.24, 2.45) is 5.92 Å². The average Bonchev–Trinajstić information content (AvgIpc) is 3.17. The molecule has 1 aromatic carbocycles. The van der Waals surface area contributed by atoms with Crippen LogP contribution < -0.4 is 16.1 Å². The Morgan fingerprint density at radius 1 is 1.10 bits per heavy atom. The van der Waals surface area contributed by atoms with Gasteiger partial charge in [-0.15, -0.1) is 0 Å². The molecule has 3 aliphatic rings. The summed E-state index contributed by atoms with van der Waals surface area (Å²) in [4.78, 5) is 14.3. The number of nitrogens with zero attached hydrogens (tertiary/aromatic N) is 2. The van der Waals surface area contributed by atoms with Gasteiger partial charge in [-0.3, -0.25) is 20.9 Å². The molecule has 3 N–H and O–H groups in total. The van der Waals surface area contributed by atoms with Crippen LogP contribution in [-0.2, 0) is 11.0 Å². The first-order chi connectivity index (χ1) is 14.6. The number of hydrogen-bond donors (Lipinski definition) is 3. The third-order valence-corrected chi connectivity index (χ3v) is 6.69. The molecule has 3 aliphatic heterocycles. The third-order valence-electron chi connectivity index (χ3n) is 6.69. The number of hydrazine groups is 1. The third kappa shape index (κ3) is 4.64. The number of hydrogen-bond acceptors (Lipinski definition) is 5. The molecule has 1 amide bonds. The molecule has 3 fully saturated rings. The van der Waals surface area contributed by atoms with E-state index in [1.54, 1.807) is 6.92 Å². The maximum atomic E-state index is 13.0. The minimum Gasteiger partial charge on any atom is -0.337 e. The van der Waals surface area contributed by atoms with E-state index < -0.39 is 11.7 Å². The summed E-state index contributed by atoms with van der Waals surface area (Å²) in [5, 5.41) is 9.29. The monoisotopic (exact) mass is 437 g/mol. The van der Waals surface area contributed by atoms with E-state index in [0.29, 0.717) is 24.6 Å². The number of nitrogens with one attached hydrogen (secondary N) is 3. The fourth-order valence-electron chi connectivity index (χ4n) is 5.09. The van der Waals surface area contributed by atoms with Gasteiger partial charge in [-0.05, 0) is 43.4 Å². The van der Waals surface area contributed by atoms with Crippen molar-refractivity contribution in [3.05, 3.63) is 47.5 Å². The highest BCUT2D eigenvalue weighted by molar-refractivity contribution is 5.92. The van der Waals surface area contributed by atoms with E-state index in [4.69, 9.17) is 0 Å². The zero-order valence-electron chi connectivity index (χ0n) is 17.9. The van der Waals surface area contributed by atoms with Crippen molar-refractivity contribution >= 4 is 5.91 Å². The Kier molecular flexibility index (Phi) is 6.13. The fourth-order valence-corrected chi connectivity index (χ4v) is 5.09. The standard InChI is InChI=1S/C22H30F3N5O/c1-13(2)21(31)30-11-8-16-18(12-30)26-20(27-19(16)17-9-10-29(3)28-17)14-4-6-15(7-5-14)22(23,24)25/h4-7,16-20,26-28H,1,8-12H2,2-3H3. The largest absolute Gasteiger partial charge is 0.416 e. The molecule has 31 heavy (non-hydrogen) atoms. The molecule has 170 valence electrons. The molecule has 3 saturated heterocycles. The molecule has 0 bridgehead atoms. The van der Waals surface area contributed by atoms with Gasteiger partial charge in [-0.25, -0.2) is 5.01 Å². The summed E-state index contributed by atoms with van der Waals surface area (Å²) in [5.74, 6) is 0.268. The van der Waals surface area contributed by atoms with Crippen LogP contribution >= 0.6 is 0 Å². The Balaban J connectivity index is 1.57. The molecule has 1 aromatic rings. The first-order valence-corrected chi connectivity index (χ1v) is 10.7. The number of halogens is 3. The molecule has 0 aromatic heterocycles. The molecule has 3 heterocycles. The summed E-state index contributed by atoms with van der Waals surface area (Å²) in [6.45, 7) is 7.69. The number of carbonyl (C=O) groups excluding carboxylic acids is 1. The van der Waals surface area contributed by atoms with Crippen molar-refractivity contribution < 1.29 is 18.0 Å². The Hall–Kier alpha value is -1.94. The fraction of sp³-hybridized carbons (Fsp3) is 0.591. The Morgan fingerprint density at radius 3 is 2.39 bits per heavy atom. The van der Waals surface area contributed by atoms with Crippen LogP contribution in [-0.4, -0.2) is 60.6 Å². The molecular weight excluding hydrogens is 407 g/mol. The number of fused-ring (bicyclic) bond motifs is 1. The van der Waals surface area contributed by atoms with Gasteiger partial charge in [0.25, 0.3) is 0 Å². The van der Waals surface area contributed by atoms with E-state index in [0.717, 1.165) is 37.1 Å². The number of carbonyl (C=O) groups is 1. The lowest BCUT2D eigenvalue weighted by atomic mass is 9.78. The smallest absolute Gasteiger partial charge is 0.337 e.